The summed E-state index contributed by atoms with van der Waals surface area (Å²) < 4.78 is 0. The van der Waals surface area contributed by atoms with Crippen molar-refractivity contribution >= 4 is 29.1 Å². The van der Waals surface area contributed by atoms with Crippen molar-refractivity contribution in [2.45, 2.75) is 20.8 Å². The highest BCUT2D eigenvalue weighted by molar-refractivity contribution is 8.17. The van der Waals surface area contributed by atoms with Crippen LogP contribution in [-0.2, 0) is 4.79 Å². The van der Waals surface area contributed by atoms with E-state index >= 15 is 0 Å². The molecule has 3 nitrogen and oxygen atoms in total. The van der Waals surface area contributed by atoms with Gasteiger partial charge in [-0.2, -0.15) is 0 Å². The lowest BCUT2D eigenvalue weighted by atomic mass is 9.80. The smallest absolute Gasteiger partial charge is 0.261 e. The predicted octanol–water partition coefficient (Wildman–Crippen LogP) is 2.25. The average molecular weight is 208 g/mol. The second kappa shape index (κ2) is 3.05. The van der Waals surface area contributed by atoms with Gasteiger partial charge in [-0.1, -0.05) is 32.5 Å². The maximum Gasteiger partial charge on any atom is 0.261 e. The molecule has 0 aromatic rings. The Labute approximate surface area is 87.4 Å². The highest BCUT2D eigenvalue weighted by Gasteiger charge is 2.39. The van der Waals surface area contributed by atoms with Crippen LogP contribution in [0.5, 0.6) is 0 Å². The molecule has 2 aliphatic heterocycles. The zero-order chi connectivity index (χ0) is 10.3. The van der Waals surface area contributed by atoms with Crippen LogP contribution in [0.2, 0.25) is 0 Å². The molecule has 0 aromatic carbocycles. The molecule has 0 aliphatic carbocycles. The fourth-order valence-electron chi connectivity index (χ4n) is 1.56. The second-order valence-electron chi connectivity index (χ2n) is 4.42. The van der Waals surface area contributed by atoms with Gasteiger partial charge in [-0.25, -0.2) is 9.98 Å². The molecule has 2 heterocycles. The summed E-state index contributed by atoms with van der Waals surface area (Å²) in [4.78, 5) is 19.5. The Morgan fingerprint density at radius 1 is 1.43 bits per heavy atom. The Morgan fingerprint density at radius 3 is 2.79 bits per heavy atom. The first kappa shape index (κ1) is 9.65. The van der Waals surface area contributed by atoms with E-state index in [1.165, 1.54) is 6.34 Å². The molecule has 1 amide bonds. The highest BCUT2D eigenvalue weighted by atomic mass is 32.2. The van der Waals surface area contributed by atoms with E-state index in [0.29, 0.717) is 0 Å². The Morgan fingerprint density at radius 2 is 2.14 bits per heavy atom. The third kappa shape index (κ3) is 1.43. The van der Waals surface area contributed by atoms with Crippen LogP contribution in [0.4, 0.5) is 0 Å². The van der Waals surface area contributed by atoms with Crippen LogP contribution in [0, 0.1) is 11.3 Å². The number of carbonyl (C=O) groups excluding carboxylic acids is 1. The first-order valence-electron chi connectivity index (χ1n) is 4.51. The Balaban J connectivity index is 2.38. The van der Waals surface area contributed by atoms with Gasteiger partial charge in [0.1, 0.15) is 12.3 Å². The van der Waals surface area contributed by atoms with E-state index in [4.69, 9.17) is 0 Å². The fraction of sp³-hybridized carbons (Fsp3) is 0.500. The van der Waals surface area contributed by atoms with Gasteiger partial charge >= 0.3 is 0 Å². The van der Waals surface area contributed by atoms with Gasteiger partial charge in [0, 0.05) is 0 Å². The number of fused-ring (bicyclic) bond motifs is 1. The van der Waals surface area contributed by atoms with Crippen LogP contribution < -0.4 is 0 Å². The number of rotatable bonds is 0. The van der Waals surface area contributed by atoms with Crippen molar-refractivity contribution in [2.75, 3.05) is 0 Å². The van der Waals surface area contributed by atoms with E-state index in [2.05, 4.69) is 30.8 Å². The molecule has 74 valence electrons. The monoisotopic (exact) mass is 208 g/mol. The zero-order valence-corrected chi connectivity index (χ0v) is 9.26. The molecule has 0 saturated carbocycles. The van der Waals surface area contributed by atoms with E-state index in [1.807, 2.05) is 5.41 Å². The van der Waals surface area contributed by atoms with E-state index < -0.39 is 0 Å². The molecule has 4 heteroatoms. The van der Waals surface area contributed by atoms with Gasteiger partial charge in [0.05, 0.1) is 5.04 Å². The van der Waals surface area contributed by atoms with Gasteiger partial charge in [0.25, 0.3) is 5.91 Å². The third-order valence-corrected chi connectivity index (χ3v) is 3.30. The Hall–Kier alpha value is -0.900. The van der Waals surface area contributed by atoms with Gasteiger partial charge in [-0.15, -0.1) is 0 Å². The van der Waals surface area contributed by atoms with Crippen LogP contribution in [0.1, 0.15) is 20.8 Å². The summed E-state index contributed by atoms with van der Waals surface area (Å²) in [6, 6.07) is 0. The van der Waals surface area contributed by atoms with Crippen molar-refractivity contribution in [1.82, 2.24) is 0 Å². The molecule has 0 bridgehead atoms. The van der Waals surface area contributed by atoms with Crippen molar-refractivity contribution in [2.24, 2.45) is 21.3 Å². The quantitative estimate of drug-likeness (QED) is 0.612. The maximum atomic E-state index is 11.6. The van der Waals surface area contributed by atoms with Crippen molar-refractivity contribution in [1.29, 1.82) is 0 Å². The number of hydrogen-bond acceptors (Lipinski definition) is 3. The highest BCUT2D eigenvalue weighted by Crippen LogP contribution is 2.42. The van der Waals surface area contributed by atoms with E-state index in [-0.39, 0.29) is 17.2 Å². The molecule has 2 rings (SSSR count). The number of hydrogen-bond donors (Lipinski definition) is 0. The molecular weight excluding hydrogens is 196 g/mol. The Bertz CT molecular complexity index is 374. The number of carbonyl (C=O) groups is 1. The van der Waals surface area contributed by atoms with Crippen molar-refractivity contribution < 1.29 is 4.79 Å². The minimum Gasteiger partial charge on any atom is -0.271 e. The minimum absolute atomic E-state index is 0.0114. The van der Waals surface area contributed by atoms with Crippen molar-refractivity contribution in [3.63, 3.8) is 0 Å². The topological polar surface area (TPSA) is 41.8 Å². The van der Waals surface area contributed by atoms with Gasteiger partial charge < -0.3 is 0 Å². The van der Waals surface area contributed by atoms with Gasteiger partial charge in [-0.3, -0.25) is 4.79 Å². The Kier molecular flexibility index (Phi) is 2.10. The summed E-state index contributed by atoms with van der Waals surface area (Å²) in [7, 11) is 0. The van der Waals surface area contributed by atoms with E-state index in [1.54, 1.807) is 11.8 Å². The molecule has 0 saturated heterocycles. The summed E-state index contributed by atoms with van der Waals surface area (Å²) in [6.45, 7) is 6.32. The molecule has 0 N–H and O–H groups in total. The molecule has 14 heavy (non-hydrogen) atoms. The molecule has 1 atom stereocenters. The van der Waals surface area contributed by atoms with Crippen molar-refractivity contribution in [3.05, 3.63) is 11.0 Å². The fourth-order valence-corrected chi connectivity index (χ4v) is 2.77. The van der Waals surface area contributed by atoms with Crippen LogP contribution in [0.15, 0.2) is 21.0 Å². The summed E-state index contributed by atoms with van der Waals surface area (Å²) in [5.41, 5.74) is 1.14. The maximum absolute atomic E-state index is 11.6. The SMILES string of the molecule is CC(C)(C)C1=CSC2=NC=NC(=O)C12. The summed E-state index contributed by atoms with van der Waals surface area (Å²) >= 11 is 1.54. The van der Waals surface area contributed by atoms with Crippen LogP contribution in [-0.4, -0.2) is 17.3 Å². The first-order chi connectivity index (χ1) is 6.50. The summed E-state index contributed by atoms with van der Waals surface area (Å²) in [5.74, 6) is -0.286. The van der Waals surface area contributed by atoms with Crippen LogP contribution >= 0.6 is 11.8 Å². The lowest BCUT2D eigenvalue weighted by Crippen LogP contribution is -2.27. The van der Waals surface area contributed by atoms with E-state index in [9.17, 15) is 4.79 Å². The predicted molar refractivity (Wildman–Crippen MR) is 59.6 cm³/mol. The first-order valence-corrected chi connectivity index (χ1v) is 5.39. The molecule has 1 unspecified atom stereocenters. The molecular formula is C10H12N2OS. The van der Waals surface area contributed by atoms with Crippen LogP contribution in [0.3, 0.4) is 0 Å². The molecule has 0 spiro atoms. The van der Waals surface area contributed by atoms with Gasteiger partial charge in [0.15, 0.2) is 0 Å². The molecule has 2 aliphatic rings. The number of nitrogens with zero attached hydrogens (tertiary/aromatic N) is 2. The van der Waals surface area contributed by atoms with Crippen molar-refractivity contribution in [3.8, 4) is 0 Å². The average Bonchev–Trinajstić information content (AvgIpc) is 2.47. The van der Waals surface area contributed by atoms with Gasteiger partial charge in [-0.05, 0) is 16.4 Å². The molecule has 0 aromatic heterocycles. The molecule has 0 radical (unpaired) electrons. The summed E-state index contributed by atoms with van der Waals surface area (Å²) in [5, 5.41) is 2.91. The number of amides is 1. The third-order valence-electron chi connectivity index (χ3n) is 2.35. The van der Waals surface area contributed by atoms with Crippen LogP contribution in [0.25, 0.3) is 0 Å². The standard InChI is InChI=1S/C10H12N2OS/c1-10(2,3)6-4-14-9-7(6)8(13)11-5-12-9/h4-5,7H,1-3H3. The largest absolute Gasteiger partial charge is 0.271 e. The number of thioether (sulfide) groups is 1. The lowest BCUT2D eigenvalue weighted by Gasteiger charge is -2.25. The summed E-state index contributed by atoms with van der Waals surface area (Å²) in [6.07, 6.45) is 1.35. The normalized spacial score (nSPS) is 25.9. The minimum atomic E-state index is -0.204. The second-order valence-corrected chi connectivity index (χ2v) is 5.31. The van der Waals surface area contributed by atoms with E-state index in [0.717, 1.165) is 10.6 Å². The number of aliphatic imine (C=N–C) groups is 2. The lowest BCUT2D eigenvalue weighted by molar-refractivity contribution is -0.119. The zero-order valence-electron chi connectivity index (χ0n) is 8.44. The molecule has 0 fully saturated rings. The van der Waals surface area contributed by atoms with Gasteiger partial charge in [0.2, 0.25) is 0 Å².